The summed E-state index contributed by atoms with van der Waals surface area (Å²) in [4.78, 5) is 17.2. The molecule has 19 heavy (non-hydrogen) atoms. The number of hydrogen-bond donors (Lipinski definition) is 0. The van der Waals surface area contributed by atoms with Crippen molar-refractivity contribution in [2.24, 2.45) is 4.99 Å². The Morgan fingerprint density at radius 2 is 1.95 bits per heavy atom. The van der Waals surface area contributed by atoms with Gasteiger partial charge < -0.3 is 0 Å². The van der Waals surface area contributed by atoms with Gasteiger partial charge in [-0.05, 0) is 42.0 Å². The quantitative estimate of drug-likeness (QED) is 0.764. The number of ketones is 1. The van der Waals surface area contributed by atoms with Crippen molar-refractivity contribution >= 4 is 23.3 Å². The van der Waals surface area contributed by atoms with Gasteiger partial charge in [0.25, 0.3) is 0 Å². The van der Waals surface area contributed by atoms with E-state index in [1.165, 1.54) is 11.1 Å². The molecule has 2 rings (SSSR count). The first-order valence-corrected chi connectivity index (χ1v) is 7.15. The molecule has 0 amide bonds. The Labute approximate surface area is 117 Å². The topological polar surface area (TPSA) is 29.4 Å². The second kappa shape index (κ2) is 6.43. The van der Waals surface area contributed by atoms with Gasteiger partial charge in [-0.2, -0.15) is 0 Å². The molecule has 0 fully saturated rings. The van der Waals surface area contributed by atoms with Crippen LogP contribution >= 0.6 is 11.3 Å². The molecular formula is C16H17NOS. The molecule has 0 saturated carbocycles. The number of hydrogen-bond acceptors (Lipinski definition) is 3. The first-order valence-electron chi connectivity index (χ1n) is 6.27. The minimum absolute atomic E-state index is 0.158. The summed E-state index contributed by atoms with van der Waals surface area (Å²) in [6, 6.07) is 10.1. The van der Waals surface area contributed by atoms with E-state index in [1.807, 2.05) is 49.6 Å². The number of carbonyl (C=O) groups is 1. The predicted molar refractivity (Wildman–Crippen MR) is 81.4 cm³/mol. The van der Waals surface area contributed by atoms with Crippen LogP contribution in [0, 0.1) is 13.8 Å². The number of rotatable bonds is 5. The Morgan fingerprint density at radius 3 is 2.58 bits per heavy atom. The van der Waals surface area contributed by atoms with E-state index in [9.17, 15) is 4.79 Å². The highest BCUT2D eigenvalue weighted by atomic mass is 32.1. The Hall–Kier alpha value is -1.74. The Morgan fingerprint density at radius 1 is 1.21 bits per heavy atom. The second-order valence-corrected chi connectivity index (χ2v) is 5.55. The van der Waals surface area contributed by atoms with Gasteiger partial charge in [-0.1, -0.05) is 24.3 Å². The molecule has 0 radical (unpaired) electrons. The van der Waals surface area contributed by atoms with E-state index >= 15 is 0 Å². The van der Waals surface area contributed by atoms with Crippen LogP contribution in [0.2, 0.25) is 0 Å². The summed E-state index contributed by atoms with van der Waals surface area (Å²) < 4.78 is 0. The van der Waals surface area contributed by atoms with E-state index in [0.29, 0.717) is 6.42 Å². The largest absolute Gasteiger partial charge is 0.297 e. The first kappa shape index (κ1) is 13.7. The van der Waals surface area contributed by atoms with Gasteiger partial charge in [-0.3, -0.25) is 9.79 Å². The van der Waals surface area contributed by atoms with Crippen LogP contribution in [0.4, 0.5) is 0 Å². The molecule has 3 heteroatoms. The lowest BCUT2D eigenvalue weighted by molar-refractivity contribution is -0.117. The van der Waals surface area contributed by atoms with Gasteiger partial charge in [0, 0.05) is 17.5 Å². The fourth-order valence-corrected chi connectivity index (χ4v) is 2.59. The molecule has 0 aliphatic heterocycles. The fourth-order valence-electron chi connectivity index (χ4n) is 1.98. The van der Waals surface area contributed by atoms with Crippen molar-refractivity contribution in [3.63, 3.8) is 0 Å². The normalized spacial score (nSPS) is 11.1. The van der Waals surface area contributed by atoms with Crippen molar-refractivity contribution in [2.45, 2.75) is 20.3 Å². The van der Waals surface area contributed by atoms with Crippen molar-refractivity contribution in [3.05, 3.63) is 57.3 Å². The van der Waals surface area contributed by atoms with E-state index in [0.717, 1.165) is 10.4 Å². The lowest BCUT2D eigenvalue weighted by Gasteiger charge is -2.07. The molecule has 2 aromatic rings. The van der Waals surface area contributed by atoms with Gasteiger partial charge in [0.05, 0.1) is 6.54 Å². The Kier molecular flexibility index (Phi) is 4.63. The van der Waals surface area contributed by atoms with E-state index in [1.54, 1.807) is 17.6 Å². The number of thiophene rings is 1. The molecule has 1 aromatic carbocycles. The number of nitrogens with zero attached hydrogens (tertiary/aromatic N) is 1. The second-order valence-electron chi connectivity index (χ2n) is 4.57. The highest BCUT2D eigenvalue weighted by Gasteiger charge is 2.07. The van der Waals surface area contributed by atoms with Gasteiger partial charge in [0.1, 0.15) is 0 Å². The molecule has 0 saturated heterocycles. The number of Topliss-reactive ketones (excluding diaryl/α,β-unsaturated/α-hetero) is 1. The number of aliphatic imine (C=N–C) groups is 1. The highest BCUT2D eigenvalue weighted by Crippen LogP contribution is 2.14. The van der Waals surface area contributed by atoms with Crippen molar-refractivity contribution in [1.29, 1.82) is 0 Å². The van der Waals surface area contributed by atoms with Gasteiger partial charge in [0.2, 0.25) is 0 Å². The molecule has 2 nitrogen and oxygen atoms in total. The monoisotopic (exact) mass is 271 g/mol. The molecule has 0 N–H and O–H groups in total. The third-order valence-electron chi connectivity index (χ3n) is 3.05. The lowest BCUT2D eigenvalue weighted by atomic mass is 9.98. The summed E-state index contributed by atoms with van der Waals surface area (Å²) >= 11 is 1.62. The van der Waals surface area contributed by atoms with E-state index in [2.05, 4.69) is 4.99 Å². The zero-order valence-electron chi connectivity index (χ0n) is 11.2. The smallest absolute Gasteiger partial charge is 0.158 e. The average Bonchev–Trinajstić information content (AvgIpc) is 2.87. The molecule has 0 unspecified atom stereocenters. The maximum absolute atomic E-state index is 11.9. The minimum Gasteiger partial charge on any atom is -0.297 e. The van der Waals surface area contributed by atoms with Crippen LogP contribution in [-0.4, -0.2) is 18.5 Å². The summed E-state index contributed by atoms with van der Waals surface area (Å²) in [6.45, 7) is 4.35. The summed E-state index contributed by atoms with van der Waals surface area (Å²) in [7, 11) is 0. The van der Waals surface area contributed by atoms with Crippen LogP contribution in [0.1, 0.15) is 21.6 Å². The molecule has 1 heterocycles. The average molecular weight is 271 g/mol. The zero-order valence-corrected chi connectivity index (χ0v) is 12.0. The molecule has 98 valence electrons. The van der Waals surface area contributed by atoms with Crippen LogP contribution in [0.3, 0.4) is 0 Å². The molecule has 1 aromatic heterocycles. The Balaban J connectivity index is 1.95. The molecular weight excluding hydrogens is 254 g/mol. The number of carbonyl (C=O) groups excluding carboxylic acids is 1. The maximum atomic E-state index is 11.9. The summed E-state index contributed by atoms with van der Waals surface area (Å²) in [5.74, 6) is 0.158. The number of aryl methyl sites for hydroxylation is 2. The number of benzene rings is 1. The summed E-state index contributed by atoms with van der Waals surface area (Å²) in [5.41, 5.74) is 3.49. The van der Waals surface area contributed by atoms with Crippen molar-refractivity contribution in [3.8, 4) is 0 Å². The summed E-state index contributed by atoms with van der Waals surface area (Å²) in [6.07, 6.45) is 2.24. The van der Waals surface area contributed by atoms with Crippen LogP contribution in [0.5, 0.6) is 0 Å². The highest BCUT2D eigenvalue weighted by molar-refractivity contribution is 7.11. The molecule has 0 spiro atoms. The molecule has 0 aliphatic rings. The van der Waals surface area contributed by atoms with Gasteiger partial charge in [-0.15, -0.1) is 11.3 Å². The van der Waals surface area contributed by atoms with E-state index < -0.39 is 0 Å². The zero-order chi connectivity index (χ0) is 13.7. The van der Waals surface area contributed by atoms with Crippen molar-refractivity contribution in [1.82, 2.24) is 0 Å². The standard InChI is InChI=1S/C16H17NOS/c1-12-5-3-6-13(2)16(12)9-14(18)10-17-11-15-7-4-8-19-15/h3-8,11H,9-10H2,1-2H3. The van der Waals surface area contributed by atoms with Crippen LogP contribution < -0.4 is 0 Å². The van der Waals surface area contributed by atoms with Gasteiger partial charge in [-0.25, -0.2) is 0 Å². The minimum atomic E-state index is 0.158. The molecule has 0 bridgehead atoms. The fraction of sp³-hybridized carbons (Fsp3) is 0.250. The lowest BCUT2D eigenvalue weighted by Crippen LogP contribution is -2.09. The van der Waals surface area contributed by atoms with Gasteiger partial charge in [0.15, 0.2) is 5.78 Å². The third-order valence-corrected chi connectivity index (χ3v) is 3.85. The Bertz CT molecular complexity index is 565. The van der Waals surface area contributed by atoms with Crippen molar-refractivity contribution < 1.29 is 4.79 Å². The van der Waals surface area contributed by atoms with E-state index in [4.69, 9.17) is 0 Å². The van der Waals surface area contributed by atoms with Crippen LogP contribution in [0.25, 0.3) is 0 Å². The SMILES string of the molecule is Cc1cccc(C)c1CC(=O)CN=Cc1cccs1. The van der Waals surface area contributed by atoms with Crippen molar-refractivity contribution in [2.75, 3.05) is 6.54 Å². The van der Waals surface area contributed by atoms with Crippen LogP contribution in [0.15, 0.2) is 40.7 Å². The molecule has 0 atom stereocenters. The predicted octanol–water partition coefficient (Wildman–Crippen LogP) is 3.60. The maximum Gasteiger partial charge on any atom is 0.158 e. The van der Waals surface area contributed by atoms with E-state index in [-0.39, 0.29) is 12.3 Å². The van der Waals surface area contributed by atoms with Gasteiger partial charge >= 0.3 is 0 Å². The molecule has 0 aliphatic carbocycles. The summed E-state index contributed by atoms with van der Waals surface area (Å²) in [5, 5.41) is 2.00. The van der Waals surface area contributed by atoms with Crippen LogP contribution in [-0.2, 0) is 11.2 Å². The first-order chi connectivity index (χ1) is 9.16. The third kappa shape index (κ3) is 3.86.